The molecule has 0 aliphatic carbocycles. The molecule has 0 unspecified atom stereocenters. The minimum atomic E-state index is -0.301. The molecule has 0 aromatic heterocycles. The van der Waals surface area contributed by atoms with E-state index in [0.717, 1.165) is 42.7 Å². The van der Waals surface area contributed by atoms with Crippen LogP contribution >= 0.6 is 0 Å². The molecule has 1 atom stereocenters. The number of esters is 2. The van der Waals surface area contributed by atoms with Gasteiger partial charge in [-0.25, -0.2) is 0 Å². The first-order valence-corrected chi connectivity index (χ1v) is 10.9. The zero-order chi connectivity index (χ0) is 22.2. The Bertz CT molecular complexity index is 796. The maximum absolute atomic E-state index is 12.6. The Labute approximate surface area is 183 Å². The fraction of sp³-hybridized carbons (Fsp3) is 0.609. The van der Waals surface area contributed by atoms with Crippen molar-refractivity contribution in [2.45, 2.75) is 57.7 Å². The molecule has 31 heavy (non-hydrogen) atoms. The van der Waals surface area contributed by atoms with E-state index in [2.05, 4.69) is 15.7 Å². The molecule has 2 heterocycles. The molecule has 0 N–H and O–H groups in total. The van der Waals surface area contributed by atoms with Crippen molar-refractivity contribution in [3.63, 3.8) is 0 Å². The van der Waals surface area contributed by atoms with Gasteiger partial charge < -0.3 is 19.1 Å². The summed E-state index contributed by atoms with van der Waals surface area (Å²) < 4.78 is 15.5. The zero-order valence-electron chi connectivity index (χ0n) is 18.4. The second kappa shape index (κ2) is 11.1. The average Bonchev–Trinajstić information content (AvgIpc) is 3.01. The van der Waals surface area contributed by atoms with Gasteiger partial charge in [-0.15, -0.1) is 0 Å². The number of piperidine rings is 1. The molecule has 0 bridgehead atoms. The Morgan fingerprint density at radius 3 is 2.71 bits per heavy atom. The third-order valence-electron chi connectivity index (χ3n) is 5.93. The van der Waals surface area contributed by atoms with Crippen LogP contribution in [0.5, 0.6) is 5.75 Å². The number of likely N-dealkylation sites (tertiary alicyclic amines) is 1. The van der Waals surface area contributed by atoms with Crippen LogP contribution in [-0.4, -0.2) is 67.6 Å². The minimum Gasteiger partial charge on any atom is -0.491 e. The molecule has 0 saturated carbocycles. The van der Waals surface area contributed by atoms with Crippen LogP contribution in [-0.2, 0) is 36.9 Å². The lowest BCUT2D eigenvalue weighted by molar-refractivity contribution is -0.148. The molecular weight excluding hydrogens is 400 g/mol. The van der Waals surface area contributed by atoms with Crippen LogP contribution in [0.25, 0.3) is 0 Å². The van der Waals surface area contributed by atoms with E-state index in [9.17, 15) is 14.4 Å². The molecular formula is C23H32N2O6. The lowest BCUT2D eigenvalue weighted by atomic mass is 10.0. The van der Waals surface area contributed by atoms with Crippen molar-refractivity contribution >= 4 is 17.8 Å². The highest BCUT2D eigenvalue weighted by molar-refractivity contribution is 5.77. The molecule has 2 aliphatic rings. The summed E-state index contributed by atoms with van der Waals surface area (Å²) in [6, 6.07) is 5.84. The summed E-state index contributed by atoms with van der Waals surface area (Å²) in [7, 11) is 2.79. The predicted octanol–water partition coefficient (Wildman–Crippen LogP) is 2.28. The van der Waals surface area contributed by atoms with Crippen LogP contribution in [0.15, 0.2) is 18.2 Å². The number of hydrogen-bond donors (Lipinski definition) is 0. The third kappa shape index (κ3) is 6.19. The molecule has 1 aromatic rings. The molecule has 1 aromatic carbocycles. The first kappa shape index (κ1) is 23.1. The number of carbonyl (C=O) groups is 3. The van der Waals surface area contributed by atoms with Crippen molar-refractivity contribution < 1.29 is 28.6 Å². The van der Waals surface area contributed by atoms with E-state index >= 15 is 0 Å². The van der Waals surface area contributed by atoms with Crippen LogP contribution in [0.4, 0.5) is 0 Å². The van der Waals surface area contributed by atoms with Gasteiger partial charge in [-0.05, 0) is 43.5 Å². The Morgan fingerprint density at radius 1 is 1.10 bits per heavy atom. The number of fused-ring (bicyclic) bond motifs is 1. The smallest absolute Gasteiger partial charge is 0.323 e. The number of methoxy groups -OCH3 is 2. The molecule has 1 fully saturated rings. The number of nitrogens with zero attached hydrogens (tertiary/aromatic N) is 2. The number of ether oxygens (including phenoxy) is 3. The summed E-state index contributed by atoms with van der Waals surface area (Å²) >= 11 is 0. The Balaban J connectivity index is 1.65. The van der Waals surface area contributed by atoms with Crippen molar-refractivity contribution in [3.05, 3.63) is 29.3 Å². The minimum absolute atomic E-state index is 0.00698. The zero-order valence-corrected chi connectivity index (χ0v) is 18.4. The first-order chi connectivity index (χ1) is 15.0. The SMILES string of the molecule is COC(=O)CCCC(=O)N1CCOc2ccc(CN3CCCC[C@H]3C(=O)OC)cc2C1. The summed E-state index contributed by atoms with van der Waals surface area (Å²) in [5.74, 6) is 0.316. The second-order valence-electron chi connectivity index (χ2n) is 8.04. The topological polar surface area (TPSA) is 85.4 Å². The predicted molar refractivity (Wildman–Crippen MR) is 113 cm³/mol. The maximum Gasteiger partial charge on any atom is 0.323 e. The van der Waals surface area contributed by atoms with E-state index in [1.54, 1.807) is 4.90 Å². The molecule has 1 amide bonds. The Kier molecular flexibility index (Phi) is 8.28. The van der Waals surface area contributed by atoms with E-state index in [0.29, 0.717) is 39.1 Å². The molecule has 2 aliphatic heterocycles. The van der Waals surface area contributed by atoms with Gasteiger partial charge >= 0.3 is 11.9 Å². The maximum atomic E-state index is 12.6. The highest BCUT2D eigenvalue weighted by Gasteiger charge is 2.29. The van der Waals surface area contributed by atoms with E-state index in [1.807, 2.05) is 12.1 Å². The van der Waals surface area contributed by atoms with Gasteiger partial charge in [0.15, 0.2) is 0 Å². The molecule has 8 nitrogen and oxygen atoms in total. The quantitative estimate of drug-likeness (QED) is 0.611. The lowest BCUT2D eigenvalue weighted by Crippen LogP contribution is -2.44. The number of hydrogen-bond acceptors (Lipinski definition) is 7. The second-order valence-corrected chi connectivity index (χ2v) is 8.04. The highest BCUT2D eigenvalue weighted by Crippen LogP contribution is 2.27. The summed E-state index contributed by atoms with van der Waals surface area (Å²) in [6.45, 7) is 2.93. The van der Waals surface area contributed by atoms with Crippen molar-refractivity contribution in [2.75, 3.05) is 33.9 Å². The number of carbonyl (C=O) groups excluding carboxylic acids is 3. The Hall–Kier alpha value is -2.61. The highest BCUT2D eigenvalue weighted by atomic mass is 16.5. The van der Waals surface area contributed by atoms with Gasteiger partial charge in [0.25, 0.3) is 0 Å². The van der Waals surface area contributed by atoms with Crippen molar-refractivity contribution in [1.29, 1.82) is 0 Å². The standard InChI is InChI=1S/C23H32N2O6/c1-29-22(27)8-5-7-21(26)25-12-13-31-20-10-9-17(14-18(20)16-25)15-24-11-4-3-6-19(24)23(28)30-2/h9-10,14,19H,3-8,11-13,15-16H2,1-2H3/t19-/m0/s1. The van der Waals surface area contributed by atoms with Gasteiger partial charge in [0.2, 0.25) is 5.91 Å². The molecule has 0 radical (unpaired) electrons. The van der Waals surface area contributed by atoms with Gasteiger partial charge in [-0.2, -0.15) is 0 Å². The summed E-state index contributed by atoms with van der Waals surface area (Å²) in [5, 5.41) is 0. The Morgan fingerprint density at radius 2 is 1.94 bits per heavy atom. The third-order valence-corrected chi connectivity index (χ3v) is 5.93. The monoisotopic (exact) mass is 432 g/mol. The number of rotatable bonds is 7. The van der Waals surface area contributed by atoms with E-state index in [4.69, 9.17) is 9.47 Å². The fourth-order valence-electron chi connectivity index (χ4n) is 4.22. The van der Waals surface area contributed by atoms with Gasteiger partial charge in [0, 0.05) is 31.5 Å². The van der Waals surface area contributed by atoms with Gasteiger partial charge in [0.05, 0.1) is 20.8 Å². The van der Waals surface area contributed by atoms with E-state index in [-0.39, 0.29) is 30.3 Å². The van der Waals surface area contributed by atoms with E-state index in [1.165, 1.54) is 14.2 Å². The molecule has 3 rings (SSSR count). The average molecular weight is 433 g/mol. The lowest BCUT2D eigenvalue weighted by Gasteiger charge is -2.33. The van der Waals surface area contributed by atoms with Crippen LogP contribution < -0.4 is 4.74 Å². The van der Waals surface area contributed by atoms with Crippen molar-refractivity contribution in [3.8, 4) is 5.75 Å². The van der Waals surface area contributed by atoms with Crippen LogP contribution in [0.1, 0.15) is 49.7 Å². The van der Waals surface area contributed by atoms with E-state index < -0.39 is 0 Å². The summed E-state index contributed by atoms with van der Waals surface area (Å²) in [5.41, 5.74) is 2.04. The summed E-state index contributed by atoms with van der Waals surface area (Å²) in [6.07, 6.45) is 3.92. The molecule has 1 saturated heterocycles. The van der Waals surface area contributed by atoms with Crippen molar-refractivity contribution in [1.82, 2.24) is 9.80 Å². The normalized spacial score (nSPS) is 19.0. The molecule has 170 valence electrons. The number of benzene rings is 1. The van der Waals surface area contributed by atoms with Crippen LogP contribution in [0.3, 0.4) is 0 Å². The largest absolute Gasteiger partial charge is 0.491 e. The fourth-order valence-corrected chi connectivity index (χ4v) is 4.22. The van der Waals surface area contributed by atoms with Gasteiger partial charge in [0.1, 0.15) is 18.4 Å². The first-order valence-electron chi connectivity index (χ1n) is 10.9. The van der Waals surface area contributed by atoms with Gasteiger partial charge in [-0.3, -0.25) is 19.3 Å². The number of amides is 1. The molecule has 0 spiro atoms. The van der Waals surface area contributed by atoms with Crippen molar-refractivity contribution in [2.24, 2.45) is 0 Å². The summed E-state index contributed by atoms with van der Waals surface area (Å²) in [4.78, 5) is 40.0. The van der Waals surface area contributed by atoms with Crippen LogP contribution in [0, 0.1) is 0 Å². The van der Waals surface area contributed by atoms with Crippen LogP contribution in [0.2, 0.25) is 0 Å². The molecule has 8 heteroatoms. The van der Waals surface area contributed by atoms with Gasteiger partial charge in [-0.1, -0.05) is 12.5 Å².